The predicted molar refractivity (Wildman–Crippen MR) is 133 cm³/mol. The molecule has 0 atom stereocenters. The van der Waals surface area contributed by atoms with E-state index in [-0.39, 0.29) is 0 Å². The SMILES string of the molecule is CCCOc1c(-c2cccc3sc(C(C)=CC(=O)O)cc23)cc(C(C)C)cc1C(C)C. The second-order valence-corrected chi connectivity index (χ2v) is 9.72. The molecule has 0 amide bonds. The molecule has 3 rings (SSSR count). The normalized spacial score (nSPS) is 12.2. The van der Waals surface area contributed by atoms with E-state index in [9.17, 15) is 4.79 Å². The molecule has 4 heteroatoms. The fraction of sp³-hybridized carbons (Fsp3) is 0.370. The Morgan fingerprint density at radius 2 is 1.84 bits per heavy atom. The molecule has 2 aromatic carbocycles. The van der Waals surface area contributed by atoms with Crippen molar-refractivity contribution in [2.24, 2.45) is 0 Å². The van der Waals surface area contributed by atoms with Gasteiger partial charge in [0.15, 0.2) is 0 Å². The third-order valence-corrected chi connectivity index (χ3v) is 6.70. The summed E-state index contributed by atoms with van der Waals surface area (Å²) in [6.45, 7) is 13.5. The third-order valence-electron chi connectivity index (χ3n) is 5.46. The van der Waals surface area contributed by atoms with Crippen molar-refractivity contribution in [3.05, 3.63) is 58.5 Å². The van der Waals surface area contributed by atoms with Gasteiger partial charge in [0.1, 0.15) is 5.75 Å². The van der Waals surface area contributed by atoms with Gasteiger partial charge in [-0.1, -0.05) is 52.8 Å². The molecule has 3 nitrogen and oxygen atoms in total. The highest BCUT2D eigenvalue weighted by Crippen LogP contribution is 2.44. The lowest BCUT2D eigenvalue weighted by Gasteiger charge is -2.21. The monoisotopic (exact) mass is 436 g/mol. The van der Waals surface area contributed by atoms with Crippen LogP contribution >= 0.6 is 11.3 Å². The lowest BCUT2D eigenvalue weighted by molar-refractivity contribution is -0.131. The highest BCUT2D eigenvalue weighted by Gasteiger charge is 2.20. The van der Waals surface area contributed by atoms with E-state index in [1.54, 1.807) is 11.3 Å². The molecule has 0 fully saturated rings. The Morgan fingerprint density at radius 1 is 1.10 bits per heavy atom. The lowest BCUT2D eigenvalue weighted by Crippen LogP contribution is -2.04. The van der Waals surface area contributed by atoms with Crippen LogP contribution in [0.25, 0.3) is 26.8 Å². The van der Waals surface area contributed by atoms with Gasteiger partial charge in [0.05, 0.1) is 6.61 Å². The lowest BCUT2D eigenvalue weighted by atomic mass is 9.88. The van der Waals surface area contributed by atoms with Crippen molar-refractivity contribution in [3.63, 3.8) is 0 Å². The van der Waals surface area contributed by atoms with Crippen molar-refractivity contribution in [2.75, 3.05) is 6.61 Å². The summed E-state index contributed by atoms with van der Waals surface area (Å²) >= 11 is 1.63. The second-order valence-electron chi connectivity index (χ2n) is 8.64. The van der Waals surface area contributed by atoms with Crippen molar-refractivity contribution in [1.82, 2.24) is 0 Å². The molecule has 0 radical (unpaired) electrons. The van der Waals surface area contributed by atoms with E-state index in [0.29, 0.717) is 18.4 Å². The van der Waals surface area contributed by atoms with Gasteiger partial charge in [0, 0.05) is 26.6 Å². The average molecular weight is 437 g/mol. The zero-order chi connectivity index (χ0) is 22.7. The minimum atomic E-state index is -0.920. The second kappa shape index (κ2) is 9.69. The maximum Gasteiger partial charge on any atom is 0.328 e. The summed E-state index contributed by atoms with van der Waals surface area (Å²) in [6, 6.07) is 13.0. The van der Waals surface area contributed by atoms with Gasteiger partial charge >= 0.3 is 5.97 Å². The maximum absolute atomic E-state index is 11.1. The highest BCUT2D eigenvalue weighted by molar-refractivity contribution is 7.20. The number of aliphatic carboxylic acids is 1. The molecular weight excluding hydrogens is 404 g/mol. The molecule has 0 unspecified atom stereocenters. The molecule has 0 spiro atoms. The average Bonchev–Trinajstić information content (AvgIpc) is 3.15. The minimum Gasteiger partial charge on any atom is -0.493 e. The molecule has 0 bridgehead atoms. The molecule has 3 aromatic rings. The summed E-state index contributed by atoms with van der Waals surface area (Å²) in [4.78, 5) is 12.1. The first-order valence-corrected chi connectivity index (χ1v) is 11.8. The molecule has 1 N–H and O–H groups in total. The Hall–Kier alpha value is -2.59. The fourth-order valence-corrected chi connectivity index (χ4v) is 4.81. The standard InChI is InChI=1S/C27H32O3S/c1-7-11-30-27-21(17(4)5)13-19(16(2)3)14-23(27)20-9-8-10-24-22(20)15-25(31-24)18(6)12-26(28)29/h8-10,12-17H,7,11H2,1-6H3,(H,28,29). The minimum absolute atomic E-state index is 0.349. The summed E-state index contributed by atoms with van der Waals surface area (Å²) in [6.07, 6.45) is 2.23. The van der Waals surface area contributed by atoms with Gasteiger partial charge < -0.3 is 9.84 Å². The summed E-state index contributed by atoms with van der Waals surface area (Å²) < 4.78 is 7.48. The van der Waals surface area contributed by atoms with Gasteiger partial charge in [-0.3, -0.25) is 0 Å². The van der Waals surface area contributed by atoms with Crippen molar-refractivity contribution >= 4 is 33.0 Å². The number of carboxylic acid groups (broad SMARTS) is 1. The number of carbonyl (C=O) groups is 1. The van der Waals surface area contributed by atoms with Crippen LogP contribution in [0.15, 0.2) is 42.5 Å². The van der Waals surface area contributed by atoms with E-state index >= 15 is 0 Å². The molecular formula is C27H32O3S. The number of rotatable bonds is 8. The van der Waals surface area contributed by atoms with Crippen LogP contribution in [0.4, 0.5) is 0 Å². The Kier molecular flexibility index (Phi) is 7.22. The van der Waals surface area contributed by atoms with Crippen LogP contribution in [0, 0.1) is 0 Å². The van der Waals surface area contributed by atoms with Crippen molar-refractivity contribution in [1.29, 1.82) is 0 Å². The number of ether oxygens (including phenoxy) is 1. The van der Waals surface area contributed by atoms with Crippen molar-refractivity contribution in [3.8, 4) is 16.9 Å². The Labute approximate surface area is 189 Å². The Balaban J connectivity index is 2.30. The van der Waals surface area contributed by atoms with Crippen LogP contribution in [0.3, 0.4) is 0 Å². The first-order chi connectivity index (χ1) is 14.7. The predicted octanol–water partition coefficient (Wildman–Crippen LogP) is 8.09. The van der Waals surface area contributed by atoms with E-state index in [0.717, 1.165) is 43.8 Å². The van der Waals surface area contributed by atoms with Crippen LogP contribution in [-0.2, 0) is 4.79 Å². The van der Waals surface area contributed by atoms with E-state index in [1.165, 1.54) is 17.2 Å². The van der Waals surface area contributed by atoms with Gasteiger partial charge in [-0.05, 0) is 65.6 Å². The molecule has 0 aliphatic heterocycles. The van der Waals surface area contributed by atoms with Crippen LogP contribution in [-0.4, -0.2) is 17.7 Å². The number of allylic oxidation sites excluding steroid dienone is 1. The molecule has 164 valence electrons. The molecule has 0 saturated carbocycles. The van der Waals surface area contributed by atoms with E-state index in [4.69, 9.17) is 9.84 Å². The van der Waals surface area contributed by atoms with Crippen molar-refractivity contribution < 1.29 is 14.6 Å². The van der Waals surface area contributed by atoms with E-state index in [1.807, 2.05) is 6.92 Å². The van der Waals surface area contributed by atoms with Gasteiger partial charge in [-0.25, -0.2) is 4.79 Å². The topological polar surface area (TPSA) is 46.5 Å². The summed E-state index contributed by atoms with van der Waals surface area (Å²) in [5.74, 6) is 0.813. The number of fused-ring (bicyclic) bond motifs is 1. The highest BCUT2D eigenvalue weighted by atomic mass is 32.1. The fourth-order valence-electron chi connectivity index (χ4n) is 3.75. The zero-order valence-electron chi connectivity index (χ0n) is 19.3. The molecule has 1 aromatic heterocycles. The van der Waals surface area contributed by atoms with Gasteiger partial charge in [0.2, 0.25) is 0 Å². The van der Waals surface area contributed by atoms with Gasteiger partial charge in [-0.15, -0.1) is 11.3 Å². The zero-order valence-corrected chi connectivity index (χ0v) is 20.1. The summed E-state index contributed by atoms with van der Waals surface area (Å²) in [5, 5.41) is 10.3. The van der Waals surface area contributed by atoms with Crippen LogP contribution in [0.2, 0.25) is 0 Å². The smallest absolute Gasteiger partial charge is 0.328 e. The van der Waals surface area contributed by atoms with Crippen molar-refractivity contribution in [2.45, 2.75) is 59.8 Å². The van der Waals surface area contributed by atoms with Gasteiger partial charge in [-0.2, -0.15) is 0 Å². The Bertz CT molecular complexity index is 1120. The quantitative estimate of drug-likeness (QED) is 0.363. The Morgan fingerprint density at radius 3 is 2.45 bits per heavy atom. The summed E-state index contributed by atoms with van der Waals surface area (Å²) in [5.41, 5.74) is 5.57. The number of hydrogen-bond acceptors (Lipinski definition) is 3. The first-order valence-electron chi connectivity index (χ1n) is 11.0. The molecule has 0 saturated heterocycles. The third kappa shape index (κ3) is 5.01. The van der Waals surface area contributed by atoms with Crippen LogP contribution in [0.1, 0.15) is 75.8 Å². The number of carboxylic acids is 1. The van der Waals surface area contributed by atoms with Crippen LogP contribution < -0.4 is 4.74 Å². The molecule has 0 aliphatic carbocycles. The first kappa shape index (κ1) is 23.1. The van der Waals surface area contributed by atoms with Gasteiger partial charge in [0.25, 0.3) is 0 Å². The largest absolute Gasteiger partial charge is 0.493 e. The molecule has 1 heterocycles. The number of hydrogen-bond donors (Lipinski definition) is 1. The molecule has 0 aliphatic rings. The van der Waals surface area contributed by atoms with E-state index < -0.39 is 5.97 Å². The molecule has 31 heavy (non-hydrogen) atoms. The summed E-state index contributed by atoms with van der Waals surface area (Å²) in [7, 11) is 0. The number of thiophene rings is 1. The maximum atomic E-state index is 11.1. The number of benzene rings is 2. The van der Waals surface area contributed by atoms with Crippen LogP contribution in [0.5, 0.6) is 5.75 Å². The van der Waals surface area contributed by atoms with E-state index in [2.05, 4.69) is 71.0 Å².